The SMILES string of the molecule is CC(C)(CNCc1ccc2c(c1)OCCO2)c1cccs1. The molecule has 0 radical (unpaired) electrons. The summed E-state index contributed by atoms with van der Waals surface area (Å²) >= 11 is 1.82. The molecule has 0 bridgehead atoms. The van der Waals surface area contributed by atoms with Gasteiger partial charge in [0.25, 0.3) is 0 Å². The number of rotatable bonds is 5. The number of fused-ring (bicyclic) bond motifs is 1. The molecule has 0 amide bonds. The normalized spacial score (nSPS) is 14.2. The number of benzene rings is 1. The monoisotopic (exact) mass is 303 g/mol. The van der Waals surface area contributed by atoms with Crippen LogP contribution < -0.4 is 14.8 Å². The van der Waals surface area contributed by atoms with Crippen LogP contribution >= 0.6 is 11.3 Å². The topological polar surface area (TPSA) is 30.5 Å². The van der Waals surface area contributed by atoms with Gasteiger partial charge >= 0.3 is 0 Å². The minimum atomic E-state index is 0.155. The van der Waals surface area contributed by atoms with Gasteiger partial charge in [-0.05, 0) is 29.1 Å². The van der Waals surface area contributed by atoms with Crippen molar-refractivity contribution in [3.63, 3.8) is 0 Å². The van der Waals surface area contributed by atoms with Gasteiger partial charge in [0, 0.05) is 23.4 Å². The summed E-state index contributed by atoms with van der Waals surface area (Å²) in [4.78, 5) is 1.41. The molecule has 0 saturated carbocycles. The molecule has 2 heterocycles. The summed E-state index contributed by atoms with van der Waals surface area (Å²) in [6.07, 6.45) is 0. The van der Waals surface area contributed by atoms with Crippen LogP contribution in [0.25, 0.3) is 0 Å². The second-order valence-corrected chi connectivity index (χ2v) is 6.89. The molecule has 1 aliphatic rings. The van der Waals surface area contributed by atoms with Crippen LogP contribution in [0.15, 0.2) is 35.7 Å². The van der Waals surface area contributed by atoms with Crippen LogP contribution in [0.4, 0.5) is 0 Å². The molecule has 1 N–H and O–H groups in total. The maximum Gasteiger partial charge on any atom is 0.161 e. The van der Waals surface area contributed by atoms with Gasteiger partial charge in [-0.2, -0.15) is 0 Å². The molecule has 2 aromatic rings. The van der Waals surface area contributed by atoms with Crippen molar-refractivity contribution in [2.75, 3.05) is 19.8 Å². The van der Waals surface area contributed by atoms with Gasteiger partial charge in [-0.1, -0.05) is 26.0 Å². The van der Waals surface area contributed by atoms with Gasteiger partial charge in [-0.15, -0.1) is 11.3 Å². The molecule has 3 rings (SSSR count). The number of nitrogens with one attached hydrogen (secondary N) is 1. The first-order valence-electron chi connectivity index (χ1n) is 7.28. The summed E-state index contributed by atoms with van der Waals surface area (Å²) in [6, 6.07) is 10.5. The molecule has 1 aromatic heterocycles. The second kappa shape index (κ2) is 6.08. The Morgan fingerprint density at radius 2 is 1.95 bits per heavy atom. The zero-order valence-electron chi connectivity index (χ0n) is 12.5. The standard InChI is InChI=1S/C17H21NO2S/c1-17(2,16-4-3-9-21-16)12-18-11-13-5-6-14-15(10-13)20-8-7-19-14/h3-6,9-10,18H,7-8,11-12H2,1-2H3. The highest BCUT2D eigenvalue weighted by molar-refractivity contribution is 7.10. The van der Waals surface area contributed by atoms with Gasteiger partial charge in [0.1, 0.15) is 13.2 Å². The van der Waals surface area contributed by atoms with Crippen LogP contribution in [-0.4, -0.2) is 19.8 Å². The summed E-state index contributed by atoms with van der Waals surface area (Å²) in [5, 5.41) is 5.68. The fourth-order valence-electron chi connectivity index (χ4n) is 2.47. The quantitative estimate of drug-likeness (QED) is 0.915. The van der Waals surface area contributed by atoms with Gasteiger partial charge in [-0.3, -0.25) is 0 Å². The Morgan fingerprint density at radius 3 is 2.71 bits per heavy atom. The zero-order valence-corrected chi connectivity index (χ0v) is 13.3. The van der Waals surface area contributed by atoms with E-state index in [9.17, 15) is 0 Å². The fraction of sp³-hybridized carbons (Fsp3) is 0.412. The fourth-order valence-corrected chi connectivity index (χ4v) is 3.32. The predicted octanol–water partition coefficient (Wildman–Crippen LogP) is 3.59. The van der Waals surface area contributed by atoms with Gasteiger partial charge in [0.2, 0.25) is 0 Å². The minimum Gasteiger partial charge on any atom is -0.486 e. The van der Waals surface area contributed by atoms with Crippen molar-refractivity contribution in [1.82, 2.24) is 5.32 Å². The van der Waals surface area contributed by atoms with Crippen molar-refractivity contribution in [3.05, 3.63) is 46.2 Å². The Labute approximate surface area is 129 Å². The molecule has 3 nitrogen and oxygen atoms in total. The molecule has 21 heavy (non-hydrogen) atoms. The van der Waals surface area contributed by atoms with Crippen molar-refractivity contribution in [3.8, 4) is 11.5 Å². The lowest BCUT2D eigenvalue weighted by Crippen LogP contribution is -2.31. The molecule has 112 valence electrons. The van der Waals surface area contributed by atoms with Crippen molar-refractivity contribution in [1.29, 1.82) is 0 Å². The lowest BCUT2D eigenvalue weighted by molar-refractivity contribution is 0.171. The molecule has 4 heteroatoms. The molecule has 1 aliphatic heterocycles. The third-order valence-corrected chi connectivity index (χ3v) is 4.93. The maximum atomic E-state index is 5.62. The molecular formula is C17H21NO2S. The summed E-state index contributed by atoms with van der Waals surface area (Å²) in [7, 11) is 0. The number of ether oxygens (including phenoxy) is 2. The largest absolute Gasteiger partial charge is 0.486 e. The third kappa shape index (κ3) is 3.39. The Balaban J connectivity index is 1.58. The summed E-state index contributed by atoms with van der Waals surface area (Å²) < 4.78 is 11.2. The molecule has 0 fully saturated rings. The lowest BCUT2D eigenvalue weighted by atomic mass is 9.91. The van der Waals surface area contributed by atoms with E-state index in [1.165, 1.54) is 10.4 Å². The number of hydrogen-bond donors (Lipinski definition) is 1. The Hall–Kier alpha value is -1.52. The Kier molecular flexibility index (Phi) is 4.17. The summed E-state index contributed by atoms with van der Waals surface area (Å²) in [5.74, 6) is 1.71. The van der Waals surface area contributed by atoms with E-state index in [1.54, 1.807) is 0 Å². The van der Waals surface area contributed by atoms with E-state index in [-0.39, 0.29) is 5.41 Å². The summed E-state index contributed by atoms with van der Waals surface area (Å²) in [6.45, 7) is 7.60. The number of hydrogen-bond acceptors (Lipinski definition) is 4. The van der Waals surface area contributed by atoms with Gasteiger partial charge in [0.15, 0.2) is 11.5 Å². The first kappa shape index (κ1) is 14.4. The zero-order chi connectivity index (χ0) is 14.7. The van der Waals surface area contributed by atoms with Gasteiger partial charge < -0.3 is 14.8 Å². The van der Waals surface area contributed by atoms with Crippen molar-refractivity contribution >= 4 is 11.3 Å². The van der Waals surface area contributed by atoms with Crippen molar-refractivity contribution in [2.24, 2.45) is 0 Å². The van der Waals surface area contributed by atoms with Crippen molar-refractivity contribution < 1.29 is 9.47 Å². The highest BCUT2D eigenvalue weighted by atomic mass is 32.1. The molecular weight excluding hydrogens is 282 g/mol. The Morgan fingerprint density at radius 1 is 1.14 bits per heavy atom. The molecule has 0 spiro atoms. The van der Waals surface area contributed by atoms with E-state index in [0.717, 1.165) is 24.6 Å². The van der Waals surface area contributed by atoms with E-state index < -0.39 is 0 Å². The average Bonchev–Trinajstić information content (AvgIpc) is 3.02. The molecule has 0 aliphatic carbocycles. The second-order valence-electron chi connectivity index (χ2n) is 5.94. The third-order valence-electron chi connectivity index (χ3n) is 3.69. The van der Waals surface area contributed by atoms with Crippen LogP contribution in [0.2, 0.25) is 0 Å². The van der Waals surface area contributed by atoms with Crippen LogP contribution in [0.3, 0.4) is 0 Å². The number of thiophene rings is 1. The van der Waals surface area contributed by atoms with Crippen LogP contribution in [0.1, 0.15) is 24.3 Å². The summed E-state index contributed by atoms with van der Waals surface area (Å²) in [5.41, 5.74) is 1.38. The Bertz CT molecular complexity index is 593. The van der Waals surface area contributed by atoms with Crippen LogP contribution in [0.5, 0.6) is 11.5 Å². The molecule has 1 aromatic carbocycles. The van der Waals surface area contributed by atoms with E-state index in [1.807, 2.05) is 17.4 Å². The maximum absolute atomic E-state index is 5.62. The molecule has 0 unspecified atom stereocenters. The van der Waals surface area contributed by atoms with Crippen LogP contribution in [-0.2, 0) is 12.0 Å². The molecule has 0 saturated heterocycles. The van der Waals surface area contributed by atoms with E-state index in [4.69, 9.17) is 9.47 Å². The predicted molar refractivity (Wildman–Crippen MR) is 86.5 cm³/mol. The highest BCUT2D eigenvalue weighted by Gasteiger charge is 2.21. The molecule has 0 atom stereocenters. The van der Waals surface area contributed by atoms with E-state index in [0.29, 0.717) is 13.2 Å². The van der Waals surface area contributed by atoms with Gasteiger partial charge in [0.05, 0.1) is 0 Å². The minimum absolute atomic E-state index is 0.155. The van der Waals surface area contributed by atoms with Crippen LogP contribution in [0, 0.1) is 0 Å². The first-order chi connectivity index (χ1) is 10.1. The van der Waals surface area contributed by atoms with E-state index >= 15 is 0 Å². The lowest BCUT2D eigenvalue weighted by Gasteiger charge is -2.24. The van der Waals surface area contributed by atoms with Crippen molar-refractivity contribution in [2.45, 2.75) is 25.8 Å². The van der Waals surface area contributed by atoms with E-state index in [2.05, 4.69) is 48.8 Å². The van der Waals surface area contributed by atoms with Gasteiger partial charge in [-0.25, -0.2) is 0 Å². The average molecular weight is 303 g/mol. The highest BCUT2D eigenvalue weighted by Crippen LogP contribution is 2.31. The smallest absolute Gasteiger partial charge is 0.161 e. The first-order valence-corrected chi connectivity index (χ1v) is 8.16.